The largest absolute Gasteiger partial charge is 0.313 e. The second-order valence-corrected chi connectivity index (χ2v) is 6.68. The van der Waals surface area contributed by atoms with Crippen LogP contribution in [-0.2, 0) is 9.59 Å². The van der Waals surface area contributed by atoms with Gasteiger partial charge in [0.25, 0.3) is 0 Å². The first-order chi connectivity index (χ1) is 12.1. The molecule has 2 amide bonds. The fourth-order valence-corrected chi connectivity index (χ4v) is 3.80. The van der Waals surface area contributed by atoms with Crippen LogP contribution in [0.3, 0.4) is 0 Å². The van der Waals surface area contributed by atoms with Crippen LogP contribution in [0.5, 0.6) is 0 Å². The number of carbonyl (C=O) groups is 2. The number of fused-ring (bicyclic) bond motifs is 1. The zero-order chi connectivity index (χ0) is 17.8. The Balaban J connectivity index is 1.71. The third-order valence-electron chi connectivity index (χ3n) is 4.11. The number of rotatable bonds is 5. The molecule has 2 aromatic rings. The lowest BCUT2D eigenvalue weighted by molar-refractivity contribution is -0.118. The normalized spacial score (nSPS) is 13.5. The summed E-state index contributed by atoms with van der Waals surface area (Å²) >= 11 is 1.52. The summed E-state index contributed by atoms with van der Waals surface area (Å²) in [4.78, 5) is 29.2. The predicted molar refractivity (Wildman–Crippen MR) is 98.6 cm³/mol. The number of anilines is 2. The SMILES string of the molecule is CCN(C(=O)CCN1C(=O)CSc2ccccc21)c1ccc(F)cc1. The van der Waals surface area contributed by atoms with Gasteiger partial charge in [-0.3, -0.25) is 9.59 Å². The molecule has 2 aromatic carbocycles. The highest BCUT2D eigenvalue weighted by Gasteiger charge is 2.25. The molecule has 0 atom stereocenters. The van der Waals surface area contributed by atoms with Gasteiger partial charge in [-0.05, 0) is 43.3 Å². The summed E-state index contributed by atoms with van der Waals surface area (Å²) in [6, 6.07) is 13.6. The van der Waals surface area contributed by atoms with Crippen molar-refractivity contribution in [3.05, 3.63) is 54.3 Å². The number of amides is 2. The Morgan fingerprint density at radius 2 is 1.92 bits per heavy atom. The number of nitrogens with zero attached hydrogens (tertiary/aromatic N) is 2. The molecule has 0 fully saturated rings. The number of hydrogen-bond donors (Lipinski definition) is 0. The van der Waals surface area contributed by atoms with E-state index in [0.29, 0.717) is 24.5 Å². The first kappa shape index (κ1) is 17.5. The van der Waals surface area contributed by atoms with E-state index in [1.54, 1.807) is 21.9 Å². The van der Waals surface area contributed by atoms with Crippen molar-refractivity contribution < 1.29 is 14.0 Å². The molecule has 0 aliphatic carbocycles. The van der Waals surface area contributed by atoms with Gasteiger partial charge in [-0.15, -0.1) is 11.8 Å². The fraction of sp³-hybridized carbons (Fsp3) is 0.263. The zero-order valence-corrected chi connectivity index (χ0v) is 14.8. The van der Waals surface area contributed by atoms with E-state index in [-0.39, 0.29) is 24.1 Å². The number of hydrogen-bond acceptors (Lipinski definition) is 3. The van der Waals surface area contributed by atoms with Gasteiger partial charge in [0.2, 0.25) is 11.8 Å². The second kappa shape index (κ2) is 7.70. The topological polar surface area (TPSA) is 40.6 Å². The third kappa shape index (κ3) is 3.85. The molecule has 6 heteroatoms. The molecule has 0 spiro atoms. The minimum atomic E-state index is -0.333. The number of carbonyl (C=O) groups excluding carboxylic acids is 2. The summed E-state index contributed by atoms with van der Waals surface area (Å²) in [5, 5.41) is 0. The summed E-state index contributed by atoms with van der Waals surface area (Å²) in [5.74, 6) is -0.0140. The lowest BCUT2D eigenvalue weighted by Gasteiger charge is -2.29. The van der Waals surface area contributed by atoms with Crippen LogP contribution < -0.4 is 9.80 Å². The average Bonchev–Trinajstić information content (AvgIpc) is 2.63. The monoisotopic (exact) mass is 358 g/mol. The van der Waals surface area contributed by atoms with Crippen LogP contribution in [0.4, 0.5) is 15.8 Å². The van der Waals surface area contributed by atoms with E-state index in [9.17, 15) is 14.0 Å². The van der Waals surface area contributed by atoms with Crippen LogP contribution in [0.1, 0.15) is 13.3 Å². The van der Waals surface area contributed by atoms with Crippen molar-refractivity contribution in [2.75, 3.05) is 28.6 Å². The molecule has 0 radical (unpaired) electrons. The van der Waals surface area contributed by atoms with Crippen LogP contribution in [0.25, 0.3) is 0 Å². The number of halogens is 1. The molecular weight excluding hydrogens is 339 g/mol. The molecule has 0 bridgehead atoms. The molecular formula is C19H19FN2O2S. The molecule has 130 valence electrons. The molecule has 25 heavy (non-hydrogen) atoms. The summed E-state index contributed by atoms with van der Waals surface area (Å²) in [6.07, 6.45) is 0.218. The quantitative estimate of drug-likeness (QED) is 0.818. The van der Waals surface area contributed by atoms with Crippen molar-refractivity contribution >= 4 is 35.0 Å². The highest BCUT2D eigenvalue weighted by atomic mass is 32.2. The molecule has 4 nitrogen and oxygen atoms in total. The molecule has 0 saturated carbocycles. The first-order valence-electron chi connectivity index (χ1n) is 8.18. The molecule has 0 unspecified atom stereocenters. The van der Waals surface area contributed by atoms with Crippen LogP contribution in [-0.4, -0.2) is 30.7 Å². The Morgan fingerprint density at radius 1 is 1.20 bits per heavy atom. The smallest absolute Gasteiger partial charge is 0.237 e. The Bertz CT molecular complexity index is 779. The molecule has 0 saturated heterocycles. The zero-order valence-electron chi connectivity index (χ0n) is 13.9. The van der Waals surface area contributed by atoms with Gasteiger partial charge in [-0.2, -0.15) is 0 Å². The van der Waals surface area contributed by atoms with E-state index >= 15 is 0 Å². The average molecular weight is 358 g/mol. The van der Waals surface area contributed by atoms with Gasteiger partial charge in [0.05, 0.1) is 11.4 Å². The van der Waals surface area contributed by atoms with Gasteiger partial charge in [-0.1, -0.05) is 12.1 Å². The van der Waals surface area contributed by atoms with Crippen LogP contribution >= 0.6 is 11.8 Å². The van der Waals surface area contributed by atoms with Crippen LogP contribution in [0, 0.1) is 5.82 Å². The molecule has 3 rings (SSSR count). The Hall–Kier alpha value is -2.34. The molecule has 1 aliphatic heterocycles. The maximum Gasteiger partial charge on any atom is 0.237 e. The van der Waals surface area contributed by atoms with Gasteiger partial charge in [-0.25, -0.2) is 4.39 Å². The van der Waals surface area contributed by atoms with Gasteiger partial charge >= 0.3 is 0 Å². The standard InChI is InChI=1S/C19H19FN2O2S/c1-2-21(15-9-7-14(20)8-10-15)18(23)11-12-22-16-5-3-4-6-17(16)25-13-19(22)24/h3-10H,2,11-13H2,1H3. The first-order valence-corrected chi connectivity index (χ1v) is 9.17. The van der Waals surface area contributed by atoms with Gasteiger partial charge in [0.1, 0.15) is 5.82 Å². The van der Waals surface area contributed by atoms with E-state index in [2.05, 4.69) is 0 Å². The maximum atomic E-state index is 13.1. The highest BCUT2D eigenvalue weighted by molar-refractivity contribution is 8.00. The van der Waals surface area contributed by atoms with Crippen molar-refractivity contribution in [1.82, 2.24) is 0 Å². The van der Waals surface area contributed by atoms with E-state index in [4.69, 9.17) is 0 Å². The molecule has 1 heterocycles. The maximum absolute atomic E-state index is 13.1. The molecule has 0 N–H and O–H groups in total. The second-order valence-electron chi connectivity index (χ2n) is 5.67. The molecule has 1 aliphatic rings. The van der Waals surface area contributed by atoms with Crippen molar-refractivity contribution in [1.29, 1.82) is 0 Å². The lowest BCUT2D eigenvalue weighted by atomic mass is 10.2. The van der Waals surface area contributed by atoms with Crippen LogP contribution in [0.2, 0.25) is 0 Å². The minimum absolute atomic E-state index is 0.0151. The van der Waals surface area contributed by atoms with E-state index in [1.165, 1.54) is 23.9 Å². The Kier molecular flexibility index (Phi) is 5.38. The minimum Gasteiger partial charge on any atom is -0.313 e. The summed E-state index contributed by atoms with van der Waals surface area (Å²) < 4.78 is 13.1. The number of para-hydroxylation sites is 1. The van der Waals surface area contributed by atoms with E-state index in [1.807, 2.05) is 31.2 Å². The number of thioether (sulfide) groups is 1. The third-order valence-corrected chi connectivity index (χ3v) is 5.16. The van der Waals surface area contributed by atoms with Crippen molar-refractivity contribution in [2.45, 2.75) is 18.2 Å². The van der Waals surface area contributed by atoms with Crippen molar-refractivity contribution in [3.8, 4) is 0 Å². The van der Waals surface area contributed by atoms with Gasteiger partial charge in [0.15, 0.2) is 0 Å². The Labute approximate surface area is 150 Å². The van der Waals surface area contributed by atoms with Crippen molar-refractivity contribution in [3.63, 3.8) is 0 Å². The summed E-state index contributed by atoms with van der Waals surface area (Å²) in [6.45, 7) is 2.71. The summed E-state index contributed by atoms with van der Waals surface area (Å²) in [7, 11) is 0. The summed E-state index contributed by atoms with van der Waals surface area (Å²) in [5.41, 5.74) is 1.52. The molecule has 0 aromatic heterocycles. The fourth-order valence-electron chi connectivity index (χ4n) is 2.87. The lowest BCUT2D eigenvalue weighted by Crippen LogP contribution is -2.39. The van der Waals surface area contributed by atoms with E-state index in [0.717, 1.165) is 10.6 Å². The number of benzene rings is 2. The predicted octanol–water partition coefficient (Wildman–Crippen LogP) is 3.71. The van der Waals surface area contributed by atoms with Gasteiger partial charge < -0.3 is 9.80 Å². The Morgan fingerprint density at radius 3 is 2.64 bits per heavy atom. The van der Waals surface area contributed by atoms with Crippen LogP contribution in [0.15, 0.2) is 53.4 Å². The van der Waals surface area contributed by atoms with E-state index < -0.39 is 0 Å². The highest BCUT2D eigenvalue weighted by Crippen LogP contribution is 2.35. The van der Waals surface area contributed by atoms with Crippen molar-refractivity contribution in [2.24, 2.45) is 0 Å². The van der Waals surface area contributed by atoms with Gasteiger partial charge in [0, 0.05) is 30.1 Å².